The van der Waals surface area contributed by atoms with Gasteiger partial charge in [-0.25, -0.2) is 0 Å². The highest BCUT2D eigenvalue weighted by atomic mass is 16.5. The van der Waals surface area contributed by atoms with Crippen molar-refractivity contribution in [1.29, 1.82) is 0 Å². The molecule has 19 heavy (non-hydrogen) atoms. The number of hydrogen-bond donors (Lipinski definition) is 1. The molecule has 2 aromatic rings. The summed E-state index contributed by atoms with van der Waals surface area (Å²) in [7, 11) is 0. The van der Waals surface area contributed by atoms with Crippen molar-refractivity contribution in [2.24, 2.45) is 5.73 Å². The minimum Gasteiger partial charge on any atom is -0.437 e. The lowest BCUT2D eigenvalue weighted by Gasteiger charge is -2.19. The molecule has 0 bridgehead atoms. The van der Waals surface area contributed by atoms with Crippen molar-refractivity contribution in [3.05, 3.63) is 47.7 Å². The van der Waals surface area contributed by atoms with Crippen LogP contribution in [-0.2, 0) is 12.0 Å². The monoisotopic (exact) mass is 257 g/mol. The zero-order chi connectivity index (χ0) is 13.9. The van der Waals surface area contributed by atoms with E-state index in [0.717, 1.165) is 11.3 Å². The number of nitrogens with zero attached hydrogens (tertiary/aromatic N) is 2. The van der Waals surface area contributed by atoms with Crippen molar-refractivity contribution in [1.82, 2.24) is 10.2 Å². The van der Waals surface area contributed by atoms with Crippen molar-refractivity contribution in [2.45, 2.75) is 32.7 Å². The van der Waals surface area contributed by atoms with Gasteiger partial charge in [0.15, 0.2) is 0 Å². The van der Waals surface area contributed by atoms with Crippen molar-refractivity contribution in [3.63, 3.8) is 0 Å². The van der Waals surface area contributed by atoms with E-state index in [-0.39, 0.29) is 5.41 Å². The summed E-state index contributed by atoms with van der Waals surface area (Å²) in [6.07, 6.45) is 1.61. The number of ether oxygens (including phenoxy) is 1. The van der Waals surface area contributed by atoms with Gasteiger partial charge in [0.25, 0.3) is 0 Å². The van der Waals surface area contributed by atoms with Gasteiger partial charge in [-0.05, 0) is 29.2 Å². The third-order valence-corrected chi connectivity index (χ3v) is 2.92. The third kappa shape index (κ3) is 3.29. The molecule has 4 heteroatoms. The van der Waals surface area contributed by atoms with E-state index in [1.54, 1.807) is 6.20 Å². The Kier molecular flexibility index (Phi) is 3.81. The van der Waals surface area contributed by atoms with Gasteiger partial charge < -0.3 is 10.5 Å². The Hall–Kier alpha value is -1.94. The molecule has 1 heterocycles. The molecule has 0 unspecified atom stereocenters. The lowest BCUT2D eigenvalue weighted by molar-refractivity contribution is 0.447. The molecule has 4 nitrogen and oxygen atoms in total. The number of aromatic nitrogens is 2. The molecule has 0 aliphatic rings. The molecule has 0 saturated heterocycles. The molecule has 0 radical (unpaired) electrons. The van der Waals surface area contributed by atoms with E-state index in [9.17, 15) is 0 Å². The maximum Gasteiger partial charge on any atom is 0.243 e. The van der Waals surface area contributed by atoms with E-state index in [1.807, 2.05) is 18.2 Å². The number of nitrogens with two attached hydrogens (primary N) is 1. The standard InChI is InChI=1S/C15H19N3O/c1-15(2,3)12-4-6-13(7-5-12)19-14-11(10-16)8-9-17-18-14/h4-9H,10,16H2,1-3H3. The molecule has 2 N–H and O–H groups in total. The number of rotatable bonds is 3. The van der Waals surface area contributed by atoms with Crippen LogP contribution in [0.25, 0.3) is 0 Å². The molecule has 0 aliphatic carbocycles. The summed E-state index contributed by atoms with van der Waals surface area (Å²) in [5.74, 6) is 1.21. The van der Waals surface area contributed by atoms with Crippen molar-refractivity contribution in [3.8, 4) is 11.6 Å². The van der Waals surface area contributed by atoms with Crippen LogP contribution in [0, 0.1) is 0 Å². The Bertz CT molecular complexity index is 544. The van der Waals surface area contributed by atoms with Crippen LogP contribution in [0.5, 0.6) is 11.6 Å². The van der Waals surface area contributed by atoms with Gasteiger partial charge in [-0.15, -0.1) is 5.10 Å². The summed E-state index contributed by atoms with van der Waals surface area (Å²) in [4.78, 5) is 0. The van der Waals surface area contributed by atoms with Gasteiger partial charge in [-0.2, -0.15) is 5.10 Å². The van der Waals surface area contributed by atoms with Crippen LogP contribution in [0.4, 0.5) is 0 Å². The Labute approximate surface area is 113 Å². The highest BCUT2D eigenvalue weighted by molar-refractivity contribution is 5.35. The minimum atomic E-state index is 0.132. The summed E-state index contributed by atoms with van der Waals surface area (Å²) in [6.45, 7) is 6.92. The van der Waals surface area contributed by atoms with Gasteiger partial charge in [0, 0.05) is 12.1 Å². The van der Waals surface area contributed by atoms with E-state index in [0.29, 0.717) is 12.4 Å². The van der Waals surface area contributed by atoms with Crippen LogP contribution in [0.2, 0.25) is 0 Å². The van der Waals surface area contributed by atoms with Gasteiger partial charge in [-0.1, -0.05) is 32.9 Å². The fourth-order valence-corrected chi connectivity index (χ4v) is 1.72. The summed E-state index contributed by atoms with van der Waals surface area (Å²) < 4.78 is 5.71. The summed E-state index contributed by atoms with van der Waals surface area (Å²) in [5.41, 5.74) is 7.87. The van der Waals surface area contributed by atoms with Crippen molar-refractivity contribution in [2.75, 3.05) is 0 Å². The first-order valence-corrected chi connectivity index (χ1v) is 6.30. The average molecular weight is 257 g/mol. The van der Waals surface area contributed by atoms with E-state index in [1.165, 1.54) is 5.56 Å². The Morgan fingerprint density at radius 3 is 2.37 bits per heavy atom. The van der Waals surface area contributed by atoms with Gasteiger partial charge in [0.1, 0.15) is 5.75 Å². The molecular weight excluding hydrogens is 238 g/mol. The first-order chi connectivity index (χ1) is 9.00. The zero-order valence-electron chi connectivity index (χ0n) is 11.6. The second-order valence-corrected chi connectivity index (χ2v) is 5.44. The number of benzene rings is 1. The lowest BCUT2D eigenvalue weighted by Crippen LogP contribution is -2.10. The Balaban J connectivity index is 2.20. The Morgan fingerprint density at radius 1 is 1.11 bits per heavy atom. The first-order valence-electron chi connectivity index (χ1n) is 6.30. The Morgan fingerprint density at radius 2 is 1.79 bits per heavy atom. The van der Waals surface area contributed by atoms with Crippen LogP contribution >= 0.6 is 0 Å². The highest BCUT2D eigenvalue weighted by Gasteiger charge is 2.13. The van der Waals surface area contributed by atoms with Crippen LogP contribution in [0.1, 0.15) is 31.9 Å². The van der Waals surface area contributed by atoms with E-state index < -0.39 is 0 Å². The maximum absolute atomic E-state index is 5.71. The zero-order valence-corrected chi connectivity index (χ0v) is 11.6. The fourth-order valence-electron chi connectivity index (χ4n) is 1.72. The lowest BCUT2D eigenvalue weighted by atomic mass is 9.87. The minimum absolute atomic E-state index is 0.132. The van der Waals surface area contributed by atoms with Crippen LogP contribution in [-0.4, -0.2) is 10.2 Å². The van der Waals surface area contributed by atoms with Crippen molar-refractivity contribution >= 4 is 0 Å². The molecule has 2 rings (SSSR count). The first kappa shape index (κ1) is 13.5. The van der Waals surface area contributed by atoms with Crippen LogP contribution in [0.15, 0.2) is 36.5 Å². The molecule has 0 fully saturated rings. The second-order valence-electron chi connectivity index (χ2n) is 5.44. The number of hydrogen-bond acceptors (Lipinski definition) is 4. The summed E-state index contributed by atoms with van der Waals surface area (Å²) in [6, 6.07) is 9.82. The van der Waals surface area contributed by atoms with Crippen LogP contribution < -0.4 is 10.5 Å². The van der Waals surface area contributed by atoms with Gasteiger partial charge >= 0.3 is 0 Å². The molecule has 0 atom stereocenters. The molecule has 0 amide bonds. The van der Waals surface area contributed by atoms with E-state index in [4.69, 9.17) is 10.5 Å². The molecule has 0 aliphatic heterocycles. The SMILES string of the molecule is CC(C)(C)c1ccc(Oc2nnccc2CN)cc1. The smallest absolute Gasteiger partial charge is 0.243 e. The summed E-state index contributed by atoms with van der Waals surface area (Å²) in [5, 5.41) is 7.78. The van der Waals surface area contributed by atoms with Gasteiger partial charge in [-0.3, -0.25) is 0 Å². The van der Waals surface area contributed by atoms with Gasteiger partial charge in [0.05, 0.1) is 6.20 Å². The average Bonchev–Trinajstić information content (AvgIpc) is 2.39. The summed E-state index contributed by atoms with van der Waals surface area (Å²) >= 11 is 0. The largest absolute Gasteiger partial charge is 0.437 e. The predicted octanol–water partition coefficient (Wildman–Crippen LogP) is 3.03. The molecule has 1 aromatic carbocycles. The predicted molar refractivity (Wildman–Crippen MR) is 75.1 cm³/mol. The molecule has 0 spiro atoms. The quantitative estimate of drug-likeness (QED) is 0.918. The van der Waals surface area contributed by atoms with Gasteiger partial charge in [0.2, 0.25) is 5.88 Å². The van der Waals surface area contributed by atoms with E-state index >= 15 is 0 Å². The van der Waals surface area contributed by atoms with Crippen molar-refractivity contribution < 1.29 is 4.74 Å². The third-order valence-electron chi connectivity index (χ3n) is 2.92. The maximum atomic E-state index is 5.71. The van der Waals surface area contributed by atoms with Crippen LogP contribution in [0.3, 0.4) is 0 Å². The fraction of sp³-hybridized carbons (Fsp3) is 0.333. The molecule has 1 aromatic heterocycles. The highest BCUT2D eigenvalue weighted by Crippen LogP contribution is 2.27. The van der Waals surface area contributed by atoms with E-state index in [2.05, 4.69) is 43.1 Å². The molecular formula is C15H19N3O. The molecule has 100 valence electrons. The normalized spacial score (nSPS) is 11.4. The molecule has 0 saturated carbocycles. The topological polar surface area (TPSA) is 61.0 Å². The second kappa shape index (κ2) is 5.36.